The number of halogens is 4. The summed E-state index contributed by atoms with van der Waals surface area (Å²) in [6.45, 7) is 2.36. The van der Waals surface area contributed by atoms with Gasteiger partial charge >= 0.3 is 6.18 Å². The van der Waals surface area contributed by atoms with Crippen LogP contribution < -0.4 is 10.6 Å². The molecule has 0 aromatic heterocycles. The second kappa shape index (κ2) is 10.5. The van der Waals surface area contributed by atoms with Crippen LogP contribution in [0.2, 0.25) is 5.02 Å². The van der Waals surface area contributed by atoms with E-state index in [1.807, 2.05) is 0 Å². The number of anilines is 1. The molecule has 6 nitrogen and oxygen atoms in total. The van der Waals surface area contributed by atoms with Crippen molar-refractivity contribution in [2.24, 2.45) is 0 Å². The quantitative estimate of drug-likeness (QED) is 0.615. The van der Waals surface area contributed by atoms with E-state index in [9.17, 15) is 22.8 Å². The zero-order valence-corrected chi connectivity index (χ0v) is 16.1. The third-order valence-electron chi connectivity index (χ3n) is 3.83. The van der Waals surface area contributed by atoms with Gasteiger partial charge in [0.15, 0.2) is 0 Å². The highest BCUT2D eigenvalue weighted by atomic mass is 35.5. The van der Waals surface area contributed by atoms with E-state index in [0.717, 1.165) is 12.1 Å². The Kier molecular flexibility index (Phi) is 9.01. The number of nitrogens with zero attached hydrogens (tertiary/aromatic N) is 1. The Bertz CT molecular complexity index is 656. The van der Waals surface area contributed by atoms with Gasteiger partial charge in [-0.3, -0.25) is 14.5 Å². The van der Waals surface area contributed by atoms with E-state index < -0.39 is 23.7 Å². The maximum atomic E-state index is 13.1. The number of ether oxygens (including phenoxy) is 1. The molecule has 0 saturated carbocycles. The van der Waals surface area contributed by atoms with Gasteiger partial charge in [0.2, 0.25) is 11.8 Å². The summed E-state index contributed by atoms with van der Waals surface area (Å²) < 4.78 is 44.2. The fourth-order valence-corrected chi connectivity index (χ4v) is 2.33. The van der Waals surface area contributed by atoms with E-state index in [-0.39, 0.29) is 23.2 Å². The molecule has 0 aliphatic carbocycles. The first-order valence-electron chi connectivity index (χ1n) is 8.19. The van der Waals surface area contributed by atoms with Crippen molar-refractivity contribution in [3.05, 3.63) is 28.8 Å². The SMILES string of the molecule is COCCCNC(=O)CN(C)C(C)C(=O)Nc1ccc(Cl)cc1C(F)(F)F. The Morgan fingerprint density at radius 3 is 2.59 bits per heavy atom. The molecular formula is C17H23ClF3N3O3. The summed E-state index contributed by atoms with van der Waals surface area (Å²) in [5.41, 5.74) is -1.42. The maximum Gasteiger partial charge on any atom is 0.418 e. The van der Waals surface area contributed by atoms with Crippen LogP contribution in [0.25, 0.3) is 0 Å². The number of hydrogen-bond acceptors (Lipinski definition) is 4. The van der Waals surface area contributed by atoms with E-state index in [1.165, 1.54) is 24.9 Å². The summed E-state index contributed by atoms with van der Waals surface area (Å²) in [5.74, 6) is -0.965. The molecule has 152 valence electrons. The third-order valence-corrected chi connectivity index (χ3v) is 4.06. The lowest BCUT2D eigenvalue weighted by Gasteiger charge is -2.24. The number of hydrogen-bond donors (Lipinski definition) is 2. The molecule has 1 aromatic rings. The van der Waals surface area contributed by atoms with Crippen molar-refractivity contribution in [3.63, 3.8) is 0 Å². The molecule has 1 rings (SSSR count). The fraction of sp³-hybridized carbons (Fsp3) is 0.529. The van der Waals surface area contributed by atoms with Crippen LogP contribution in [-0.2, 0) is 20.5 Å². The van der Waals surface area contributed by atoms with Gasteiger partial charge < -0.3 is 15.4 Å². The van der Waals surface area contributed by atoms with Crippen molar-refractivity contribution in [1.82, 2.24) is 10.2 Å². The van der Waals surface area contributed by atoms with Crippen LogP contribution in [0.15, 0.2) is 18.2 Å². The van der Waals surface area contributed by atoms with Crippen molar-refractivity contribution < 1.29 is 27.5 Å². The number of rotatable bonds is 9. The van der Waals surface area contributed by atoms with E-state index in [4.69, 9.17) is 16.3 Å². The zero-order chi connectivity index (χ0) is 20.6. The normalized spacial score (nSPS) is 12.7. The third kappa shape index (κ3) is 7.74. The van der Waals surface area contributed by atoms with Crippen LogP contribution in [0.3, 0.4) is 0 Å². The molecule has 0 spiro atoms. The van der Waals surface area contributed by atoms with Gasteiger partial charge in [-0.15, -0.1) is 0 Å². The summed E-state index contributed by atoms with van der Waals surface area (Å²) in [5, 5.41) is 4.83. The number of carbonyl (C=O) groups excluding carboxylic acids is 2. The highest BCUT2D eigenvalue weighted by molar-refractivity contribution is 6.30. The lowest BCUT2D eigenvalue weighted by molar-refractivity contribution is -0.137. The second-order valence-electron chi connectivity index (χ2n) is 5.96. The van der Waals surface area contributed by atoms with Gasteiger partial charge in [-0.2, -0.15) is 13.2 Å². The molecule has 1 atom stereocenters. The number of methoxy groups -OCH3 is 1. The Balaban J connectivity index is 2.68. The van der Waals surface area contributed by atoms with E-state index >= 15 is 0 Å². The Labute approximate surface area is 161 Å². The average molecular weight is 410 g/mol. The van der Waals surface area contributed by atoms with Crippen LogP contribution >= 0.6 is 11.6 Å². The molecule has 27 heavy (non-hydrogen) atoms. The fourth-order valence-electron chi connectivity index (χ4n) is 2.16. The summed E-state index contributed by atoms with van der Waals surface area (Å²) in [4.78, 5) is 25.6. The van der Waals surface area contributed by atoms with Crippen LogP contribution in [0.5, 0.6) is 0 Å². The molecule has 0 fully saturated rings. The van der Waals surface area contributed by atoms with Gasteiger partial charge in [0, 0.05) is 25.3 Å². The van der Waals surface area contributed by atoms with Crippen molar-refractivity contribution in [2.75, 3.05) is 39.2 Å². The number of alkyl halides is 3. The highest BCUT2D eigenvalue weighted by Crippen LogP contribution is 2.36. The first-order chi connectivity index (χ1) is 12.6. The highest BCUT2D eigenvalue weighted by Gasteiger charge is 2.34. The molecule has 10 heteroatoms. The monoisotopic (exact) mass is 409 g/mol. The van der Waals surface area contributed by atoms with E-state index in [1.54, 1.807) is 7.11 Å². The van der Waals surface area contributed by atoms with Gasteiger partial charge in [-0.25, -0.2) is 0 Å². The Morgan fingerprint density at radius 1 is 1.33 bits per heavy atom. The Hall–Kier alpha value is -1.84. The zero-order valence-electron chi connectivity index (χ0n) is 15.3. The Morgan fingerprint density at radius 2 is 2.00 bits per heavy atom. The minimum Gasteiger partial charge on any atom is -0.385 e. The minimum atomic E-state index is -4.66. The molecule has 0 bridgehead atoms. The lowest BCUT2D eigenvalue weighted by atomic mass is 10.1. The first-order valence-corrected chi connectivity index (χ1v) is 8.57. The summed E-state index contributed by atoms with van der Waals surface area (Å²) in [7, 11) is 3.09. The van der Waals surface area contributed by atoms with E-state index in [0.29, 0.717) is 19.6 Å². The number of benzene rings is 1. The molecule has 0 aliphatic rings. The van der Waals surface area contributed by atoms with Crippen molar-refractivity contribution in [2.45, 2.75) is 25.6 Å². The minimum absolute atomic E-state index is 0.0751. The lowest BCUT2D eigenvalue weighted by Crippen LogP contribution is -2.45. The largest absolute Gasteiger partial charge is 0.418 e. The van der Waals surface area contributed by atoms with Crippen LogP contribution in [0.4, 0.5) is 18.9 Å². The predicted molar refractivity (Wildman–Crippen MR) is 96.7 cm³/mol. The molecule has 0 heterocycles. The van der Waals surface area contributed by atoms with Crippen molar-refractivity contribution in [1.29, 1.82) is 0 Å². The van der Waals surface area contributed by atoms with Crippen LogP contribution in [-0.4, -0.2) is 56.6 Å². The van der Waals surface area contributed by atoms with Crippen LogP contribution in [0, 0.1) is 0 Å². The van der Waals surface area contributed by atoms with Crippen LogP contribution in [0.1, 0.15) is 18.9 Å². The number of amides is 2. The molecule has 2 amide bonds. The molecule has 0 radical (unpaired) electrons. The molecular weight excluding hydrogens is 387 g/mol. The molecule has 0 saturated heterocycles. The van der Waals surface area contributed by atoms with Gasteiger partial charge in [0.25, 0.3) is 0 Å². The number of carbonyl (C=O) groups is 2. The van der Waals surface area contributed by atoms with Gasteiger partial charge in [-0.1, -0.05) is 11.6 Å². The summed E-state index contributed by atoms with van der Waals surface area (Å²) in [6, 6.07) is 2.28. The maximum absolute atomic E-state index is 13.1. The molecule has 1 aromatic carbocycles. The number of nitrogens with one attached hydrogen (secondary N) is 2. The smallest absolute Gasteiger partial charge is 0.385 e. The van der Waals surface area contributed by atoms with Gasteiger partial charge in [0.1, 0.15) is 0 Å². The number of likely N-dealkylation sites (N-methyl/N-ethyl adjacent to an activating group) is 1. The van der Waals surface area contributed by atoms with Crippen molar-refractivity contribution >= 4 is 29.1 Å². The van der Waals surface area contributed by atoms with Gasteiger partial charge in [0.05, 0.1) is 23.8 Å². The topological polar surface area (TPSA) is 70.7 Å². The summed E-state index contributed by atoms with van der Waals surface area (Å²) in [6.07, 6.45) is -4.01. The average Bonchev–Trinajstić information content (AvgIpc) is 2.58. The molecule has 0 aliphatic heterocycles. The second-order valence-corrected chi connectivity index (χ2v) is 6.40. The van der Waals surface area contributed by atoms with E-state index in [2.05, 4.69) is 10.6 Å². The standard InChI is InChI=1S/C17H23ClF3N3O3/c1-11(24(2)10-15(25)22-7-4-8-27-3)16(26)23-14-6-5-12(18)9-13(14)17(19,20)21/h5-6,9,11H,4,7-8,10H2,1-3H3,(H,22,25)(H,23,26). The first kappa shape index (κ1) is 23.2. The van der Waals surface area contributed by atoms with Crippen molar-refractivity contribution in [3.8, 4) is 0 Å². The van der Waals surface area contributed by atoms with Gasteiger partial charge in [-0.05, 0) is 38.6 Å². The predicted octanol–water partition coefficient (Wildman–Crippen LogP) is 2.77. The summed E-state index contributed by atoms with van der Waals surface area (Å²) >= 11 is 5.62. The molecule has 2 N–H and O–H groups in total. The molecule has 1 unspecified atom stereocenters.